The van der Waals surface area contributed by atoms with Gasteiger partial charge in [-0.05, 0) is 24.1 Å². The first-order valence-corrected chi connectivity index (χ1v) is 5.93. The van der Waals surface area contributed by atoms with Crippen molar-refractivity contribution in [2.24, 2.45) is 5.73 Å². The van der Waals surface area contributed by atoms with Crippen molar-refractivity contribution < 1.29 is 0 Å². The van der Waals surface area contributed by atoms with Gasteiger partial charge in [0.05, 0.1) is 12.4 Å². The molecule has 6 heteroatoms. The minimum atomic E-state index is -0.0708. The first-order valence-electron chi connectivity index (χ1n) is 5.93. The average Bonchev–Trinajstić information content (AvgIpc) is 2.46. The molecule has 2 aromatic rings. The summed E-state index contributed by atoms with van der Waals surface area (Å²) in [6.07, 6.45) is 7.63. The monoisotopic (exact) mass is 256 g/mol. The SMILES string of the molecule is CN(CCc1ccncc1)c1cnc(C(=N)N)cn1. The molecule has 2 heterocycles. The number of aromatic nitrogens is 3. The Morgan fingerprint density at radius 2 is 2.00 bits per heavy atom. The molecule has 0 radical (unpaired) electrons. The number of likely N-dealkylation sites (N-methyl/N-ethyl adjacent to an activating group) is 1. The summed E-state index contributed by atoms with van der Waals surface area (Å²) in [4.78, 5) is 14.3. The first-order chi connectivity index (χ1) is 9.16. The van der Waals surface area contributed by atoms with Crippen LogP contribution < -0.4 is 10.6 Å². The van der Waals surface area contributed by atoms with Crippen LogP contribution in [0.3, 0.4) is 0 Å². The smallest absolute Gasteiger partial charge is 0.146 e. The van der Waals surface area contributed by atoms with E-state index in [9.17, 15) is 0 Å². The summed E-state index contributed by atoms with van der Waals surface area (Å²) >= 11 is 0. The van der Waals surface area contributed by atoms with Crippen LogP contribution in [-0.4, -0.2) is 34.4 Å². The normalized spacial score (nSPS) is 10.2. The van der Waals surface area contributed by atoms with Gasteiger partial charge in [0, 0.05) is 26.0 Å². The van der Waals surface area contributed by atoms with Crippen LogP contribution in [0.4, 0.5) is 5.82 Å². The third-order valence-electron chi connectivity index (χ3n) is 2.79. The lowest BCUT2D eigenvalue weighted by atomic mass is 10.2. The van der Waals surface area contributed by atoms with Crippen LogP contribution in [0.15, 0.2) is 36.9 Å². The second-order valence-electron chi connectivity index (χ2n) is 4.20. The maximum absolute atomic E-state index is 7.26. The van der Waals surface area contributed by atoms with Crippen molar-refractivity contribution in [2.45, 2.75) is 6.42 Å². The fraction of sp³-hybridized carbons (Fsp3) is 0.231. The third-order valence-corrected chi connectivity index (χ3v) is 2.79. The molecule has 0 fully saturated rings. The van der Waals surface area contributed by atoms with Gasteiger partial charge in [0.1, 0.15) is 17.3 Å². The van der Waals surface area contributed by atoms with E-state index in [1.54, 1.807) is 18.6 Å². The minimum Gasteiger partial charge on any atom is -0.382 e. The van der Waals surface area contributed by atoms with Gasteiger partial charge >= 0.3 is 0 Å². The van der Waals surface area contributed by atoms with Crippen molar-refractivity contribution in [3.8, 4) is 0 Å². The third kappa shape index (κ3) is 3.48. The van der Waals surface area contributed by atoms with E-state index in [2.05, 4.69) is 15.0 Å². The van der Waals surface area contributed by atoms with Gasteiger partial charge in [-0.2, -0.15) is 0 Å². The number of rotatable bonds is 5. The van der Waals surface area contributed by atoms with E-state index >= 15 is 0 Å². The molecule has 2 rings (SSSR count). The Labute approximate surface area is 111 Å². The minimum absolute atomic E-state index is 0.0708. The van der Waals surface area contributed by atoms with E-state index in [0.29, 0.717) is 5.69 Å². The lowest BCUT2D eigenvalue weighted by Crippen LogP contribution is -2.22. The quantitative estimate of drug-likeness (QED) is 0.611. The molecule has 6 nitrogen and oxygen atoms in total. The molecule has 0 saturated carbocycles. The first kappa shape index (κ1) is 12.9. The van der Waals surface area contributed by atoms with Gasteiger partial charge in [0.15, 0.2) is 0 Å². The summed E-state index contributed by atoms with van der Waals surface area (Å²) < 4.78 is 0. The second kappa shape index (κ2) is 5.90. The Kier molecular flexibility index (Phi) is 4.02. The molecule has 0 aliphatic heterocycles. The Bertz CT molecular complexity index is 537. The number of nitrogens with zero attached hydrogens (tertiary/aromatic N) is 4. The Morgan fingerprint density at radius 3 is 2.58 bits per heavy atom. The molecule has 0 aliphatic rings. The van der Waals surface area contributed by atoms with Crippen LogP contribution in [0.1, 0.15) is 11.3 Å². The maximum atomic E-state index is 7.26. The van der Waals surface area contributed by atoms with Gasteiger partial charge < -0.3 is 10.6 Å². The highest BCUT2D eigenvalue weighted by Crippen LogP contribution is 2.08. The molecule has 0 spiro atoms. The van der Waals surface area contributed by atoms with Gasteiger partial charge in [-0.1, -0.05) is 0 Å². The number of nitrogens with two attached hydrogens (primary N) is 1. The van der Waals surface area contributed by atoms with Crippen molar-refractivity contribution in [3.63, 3.8) is 0 Å². The predicted molar refractivity (Wildman–Crippen MR) is 74.3 cm³/mol. The zero-order valence-corrected chi connectivity index (χ0v) is 10.7. The average molecular weight is 256 g/mol. The number of nitrogen functional groups attached to an aromatic ring is 1. The van der Waals surface area contributed by atoms with Gasteiger partial charge in [-0.3, -0.25) is 10.4 Å². The zero-order valence-electron chi connectivity index (χ0n) is 10.7. The van der Waals surface area contributed by atoms with E-state index in [1.807, 2.05) is 24.1 Å². The van der Waals surface area contributed by atoms with Crippen LogP contribution in [-0.2, 0) is 6.42 Å². The molecular formula is C13H16N6. The number of nitrogens with one attached hydrogen (secondary N) is 1. The zero-order chi connectivity index (χ0) is 13.7. The highest BCUT2D eigenvalue weighted by molar-refractivity contribution is 5.92. The number of amidine groups is 1. The Hall–Kier alpha value is -2.50. The van der Waals surface area contributed by atoms with Gasteiger partial charge in [0.2, 0.25) is 0 Å². The highest BCUT2D eigenvalue weighted by Gasteiger charge is 2.05. The summed E-state index contributed by atoms with van der Waals surface area (Å²) in [5, 5.41) is 7.26. The lowest BCUT2D eigenvalue weighted by molar-refractivity contribution is 0.852. The number of hydrogen-bond acceptors (Lipinski definition) is 5. The van der Waals surface area contributed by atoms with Crippen molar-refractivity contribution >= 4 is 11.7 Å². The molecule has 98 valence electrons. The lowest BCUT2D eigenvalue weighted by Gasteiger charge is -2.17. The Balaban J connectivity index is 1.96. The molecule has 0 atom stereocenters. The van der Waals surface area contributed by atoms with Crippen LogP contribution in [0, 0.1) is 5.41 Å². The maximum Gasteiger partial charge on any atom is 0.146 e. The van der Waals surface area contributed by atoms with Gasteiger partial charge in [0.25, 0.3) is 0 Å². The van der Waals surface area contributed by atoms with Gasteiger partial charge in [-0.15, -0.1) is 0 Å². The van der Waals surface area contributed by atoms with Gasteiger partial charge in [-0.25, -0.2) is 9.97 Å². The molecule has 0 aromatic carbocycles. The van der Waals surface area contributed by atoms with Crippen molar-refractivity contribution in [1.82, 2.24) is 15.0 Å². The van der Waals surface area contributed by atoms with E-state index < -0.39 is 0 Å². The van der Waals surface area contributed by atoms with Crippen LogP contribution in [0.2, 0.25) is 0 Å². The van der Waals surface area contributed by atoms with E-state index in [4.69, 9.17) is 11.1 Å². The van der Waals surface area contributed by atoms with E-state index in [-0.39, 0.29) is 5.84 Å². The van der Waals surface area contributed by atoms with Crippen molar-refractivity contribution in [1.29, 1.82) is 5.41 Å². The van der Waals surface area contributed by atoms with Crippen LogP contribution >= 0.6 is 0 Å². The summed E-state index contributed by atoms with van der Waals surface area (Å²) in [7, 11) is 1.96. The second-order valence-corrected chi connectivity index (χ2v) is 4.20. The standard InChI is InChI=1S/C13H16N6/c1-19(7-4-10-2-5-16-6-3-10)12-9-17-11(8-18-12)13(14)15/h2-3,5-6,8-9H,4,7H2,1H3,(H3,14,15). The number of hydrogen-bond donors (Lipinski definition) is 2. The molecule has 0 unspecified atom stereocenters. The molecule has 19 heavy (non-hydrogen) atoms. The molecule has 0 aliphatic carbocycles. The fourth-order valence-electron chi connectivity index (χ4n) is 1.62. The Morgan fingerprint density at radius 1 is 1.26 bits per heavy atom. The van der Waals surface area contributed by atoms with E-state index in [1.165, 1.54) is 11.8 Å². The van der Waals surface area contributed by atoms with Crippen LogP contribution in [0.25, 0.3) is 0 Å². The number of anilines is 1. The largest absolute Gasteiger partial charge is 0.382 e. The molecule has 0 bridgehead atoms. The summed E-state index contributed by atoms with van der Waals surface area (Å²) in [6.45, 7) is 0.831. The van der Waals surface area contributed by atoms with Crippen LogP contribution in [0.5, 0.6) is 0 Å². The summed E-state index contributed by atoms with van der Waals surface area (Å²) in [5.41, 5.74) is 6.96. The summed E-state index contributed by atoms with van der Waals surface area (Å²) in [5.74, 6) is 0.692. The van der Waals surface area contributed by atoms with Crippen molar-refractivity contribution in [2.75, 3.05) is 18.5 Å². The molecule has 0 amide bonds. The van der Waals surface area contributed by atoms with Crippen molar-refractivity contribution in [3.05, 3.63) is 48.2 Å². The van der Waals surface area contributed by atoms with E-state index in [0.717, 1.165) is 18.8 Å². The molecule has 3 N–H and O–H groups in total. The highest BCUT2D eigenvalue weighted by atomic mass is 15.2. The summed E-state index contributed by atoms with van der Waals surface area (Å²) in [6, 6.07) is 4.00. The topological polar surface area (TPSA) is 91.8 Å². The predicted octanol–water partition coefficient (Wildman–Crippen LogP) is 0.835. The molecule has 2 aromatic heterocycles. The number of pyridine rings is 1. The molecular weight excluding hydrogens is 240 g/mol. The fourth-order valence-corrected chi connectivity index (χ4v) is 1.62. The molecule has 0 saturated heterocycles.